The first-order valence-electron chi connectivity index (χ1n) is 11.4. The quantitative estimate of drug-likeness (QED) is 0.292. The van der Waals surface area contributed by atoms with Crippen LogP contribution in [0.2, 0.25) is 5.02 Å². The van der Waals surface area contributed by atoms with Crippen molar-refractivity contribution in [1.29, 1.82) is 0 Å². The molecule has 4 nitrogen and oxygen atoms in total. The van der Waals surface area contributed by atoms with Gasteiger partial charge < -0.3 is 10.2 Å². The van der Waals surface area contributed by atoms with E-state index < -0.39 is 6.04 Å². The van der Waals surface area contributed by atoms with E-state index in [2.05, 4.69) is 11.4 Å². The Morgan fingerprint density at radius 3 is 2.44 bits per heavy atom. The Bertz CT molecular complexity index is 872. The number of carbonyl (C=O) groups excluding carboxylic acids is 2. The van der Waals surface area contributed by atoms with Crippen molar-refractivity contribution in [2.24, 2.45) is 0 Å². The summed E-state index contributed by atoms with van der Waals surface area (Å²) in [5.74, 6) is 0.786. The standard InChI is InChI=1S/C26H35ClN2O2S/c1-5-20(4)28-26(31)24(6-2)29(18-21-10-7-9-19(3)17-21)25(30)11-8-16-32-23-14-12-22(27)13-15-23/h7,9-10,12-15,17,20,24H,5-6,8,11,16,18H2,1-4H3,(H,28,31)/t20-,24-/m0/s1. The van der Waals surface area contributed by atoms with Crippen LogP contribution in [0.4, 0.5) is 0 Å². The highest BCUT2D eigenvalue weighted by Crippen LogP contribution is 2.22. The number of aryl methyl sites for hydroxylation is 1. The second-order valence-electron chi connectivity index (χ2n) is 8.16. The number of thioether (sulfide) groups is 1. The van der Waals surface area contributed by atoms with Crippen LogP contribution in [0.5, 0.6) is 0 Å². The highest BCUT2D eigenvalue weighted by atomic mass is 35.5. The lowest BCUT2D eigenvalue weighted by Gasteiger charge is -2.31. The van der Waals surface area contributed by atoms with Crippen LogP contribution < -0.4 is 5.32 Å². The fourth-order valence-corrected chi connectivity index (χ4v) is 4.43. The van der Waals surface area contributed by atoms with Gasteiger partial charge in [-0.3, -0.25) is 9.59 Å². The number of benzene rings is 2. The van der Waals surface area contributed by atoms with Gasteiger partial charge in [0.05, 0.1) is 0 Å². The molecule has 6 heteroatoms. The van der Waals surface area contributed by atoms with Crippen molar-refractivity contribution >= 4 is 35.2 Å². The molecule has 0 saturated heterocycles. The maximum absolute atomic E-state index is 13.3. The van der Waals surface area contributed by atoms with Gasteiger partial charge in [-0.05, 0) is 68.7 Å². The number of amides is 2. The summed E-state index contributed by atoms with van der Waals surface area (Å²) in [5, 5.41) is 3.78. The van der Waals surface area contributed by atoms with Crippen molar-refractivity contribution in [2.45, 2.75) is 76.9 Å². The SMILES string of the molecule is CC[C@H](C)NC(=O)[C@H](CC)N(Cc1cccc(C)c1)C(=O)CCCSc1ccc(Cl)cc1. The van der Waals surface area contributed by atoms with Crippen LogP contribution in [0.1, 0.15) is 57.6 Å². The highest BCUT2D eigenvalue weighted by molar-refractivity contribution is 7.99. The van der Waals surface area contributed by atoms with E-state index in [1.807, 2.05) is 70.2 Å². The Labute approximate surface area is 202 Å². The van der Waals surface area contributed by atoms with E-state index in [0.29, 0.717) is 19.4 Å². The van der Waals surface area contributed by atoms with Gasteiger partial charge >= 0.3 is 0 Å². The molecule has 0 bridgehead atoms. The normalized spacial score (nSPS) is 12.8. The Hall–Kier alpha value is -1.98. The topological polar surface area (TPSA) is 49.4 Å². The van der Waals surface area contributed by atoms with Gasteiger partial charge in [-0.25, -0.2) is 0 Å². The summed E-state index contributed by atoms with van der Waals surface area (Å²) in [6.07, 6.45) is 2.61. The van der Waals surface area contributed by atoms with E-state index in [4.69, 9.17) is 11.6 Å². The van der Waals surface area contributed by atoms with E-state index in [1.165, 1.54) is 0 Å². The zero-order chi connectivity index (χ0) is 23.5. The van der Waals surface area contributed by atoms with E-state index in [-0.39, 0.29) is 17.9 Å². The first-order valence-corrected chi connectivity index (χ1v) is 12.7. The minimum atomic E-state index is -0.471. The number of nitrogens with zero attached hydrogens (tertiary/aromatic N) is 1. The lowest BCUT2D eigenvalue weighted by molar-refractivity contribution is -0.141. The maximum atomic E-state index is 13.3. The first kappa shape index (κ1) is 26.3. The van der Waals surface area contributed by atoms with E-state index in [1.54, 1.807) is 16.7 Å². The molecule has 2 aromatic rings. The molecular weight excluding hydrogens is 440 g/mol. The zero-order valence-electron chi connectivity index (χ0n) is 19.6. The average Bonchev–Trinajstić information content (AvgIpc) is 2.77. The van der Waals surface area contributed by atoms with Gasteiger partial charge in [0.15, 0.2) is 0 Å². The van der Waals surface area contributed by atoms with Gasteiger partial charge in [-0.2, -0.15) is 0 Å². The van der Waals surface area contributed by atoms with Crippen molar-refractivity contribution in [2.75, 3.05) is 5.75 Å². The molecule has 2 amide bonds. The van der Waals surface area contributed by atoms with Crippen LogP contribution >= 0.6 is 23.4 Å². The number of halogens is 1. The second kappa shape index (κ2) is 13.5. The third kappa shape index (κ3) is 8.51. The van der Waals surface area contributed by atoms with Crippen LogP contribution in [0.3, 0.4) is 0 Å². The molecule has 2 rings (SSSR count). The number of nitrogens with one attached hydrogen (secondary N) is 1. The largest absolute Gasteiger partial charge is 0.352 e. The molecule has 0 fully saturated rings. The first-order chi connectivity index (χ1) is 15.3. The minimum absolute atomic E-state index is 0.0226. The smallest absolute Gasteiger partial charge is 0.243 e. The monoisotopic (exact) mass is 474 g/mol. The summed E-state index contributed by atoms with van der Waals surface area (Å²) in [6, 6.07) is 15.5. The minimum Gasteiger partial charge on any atom is -0.352 e. The van der Waals surface area contributed by atoms with Crippen LogP contribution in [0, 0.1) is 6.92 Å². The van der Waals surface area contributed by atoms with E-state index in [0.717, 1.165) is 39.6 Å². The molecule has 0 aliphatic carbocycles. The molecule has 0 saturated carbocycles. The maximum Gasteiger partial charge on any atom is 0.243 e. The van der Waals surface area contributed by atoms with Crippen LogP contribution in [0.25, 0.3) is 0 Å². The number of carbonyl (C=O) groups is 2. The Morgan fingerprint density at radius 2 is 1.81 bits per heavy atom. The Morgan fingerprint density at radius 1 is 1.09 bits per heavy atom. The third-order valence-corrected chi connectivity index (χ3v) is 6.79. The zero-order valence-corrected chi connectivity index (χ0v) is 21.1. The number of rotatable bonds is 12. The average molecular weight is 475 g/mol. The summed E-state index contributed by atoms with van der Waals surface area (Å²) in [7, 11) is 0. The molecule has 32 heavy (non-hydrogen) atoms. The Kier molecular flexibility index (Phi) is 11.1. The molecule has 2 aromatic carbocycles. The molecule has 0 heterocycles. The van der Waals surface area contributed by atoms with Gasteiger partial charge in [0.25, 0.3) is 0 Å². The van der Waals surface area contributed by atoms with Gasteiger partial charge in [-0.1, -0.05) is 55.3 Å². The summed E-state index contributed by atoms with van der Waals surface area (Å²) >= 11 is 7.66. The molecule has 2 atom stereocenters. The highest BCUT2D eigenvalue weighted by Gasteiger charge is 2.28. The van der Waals surface area contributed by atoms with Gasteiger partial charge in [-0.15, -0.1) is 11.8 Å². The lowest BCUT2D eigenvalue weighted by atomic mass is 10.1. The molecule has 0 aromatic heterocycles. The molecule has 1 N–H and O–H groups in total. The molecule has 0 aliphatic heterocycles. The van der Waals surface area contributed by atoms with E-state index in [9.17, 15) is 9.59 Å². The summed E-state index contributed by atoms with van der Waals surface area (Å²) in [6.45, 7) is 8.48. The lowest BCUT2D eigenvalue weighted by Crippen LogP contribution is -2.50. The molecule has 0 spiro atoms. The van der Waals surface area contributed by atoms with Crippen molar-refractivity contribution in [3.05, 3.63) is 64.7 Å². The summed E-state index contributed by atoms with van der Waals surface area (Å²) in [4.78, 5) is 29.1. The molecule has 0 aliphatic rings. The van der Waals surface area contributed by atoms with Gasteiger partial charge in [0, 0.05) is 28.9 Å². The molecular formula is C26H35ClN2O2S. The number of hydrogen-bond acceptors (Lipinski definition) is 3. The molecule has 174 valence electrons. The third-order valence-electron chi connectivity index (χ3n) is 5.44. The van der Waals surface area contributed by atoms with E-state index >= 15 is 0 Å². The van der Waals surface area contributed by atoms with Crippen molar-refractivity contribution < 1.29 is 9.59 Å². The predicted molar refractivity (Wildman–Crippen MR) is 135 cm³/mol. The molecule has 0 radical (unpaired) electrons. The fourth-order valence-electron chi connectivity index (χ4n) is 3.46. The summed E-state index contributed by atoms with van der Waals surface area (Å²) in [5.41, 5.74) is 2.19. The fraction of sp³-hybridized carbons (Fsp3) is 0.462. The van der Waals surface area contributed by atoms with Crippen molar-refractivity contribution in [3.63, 3.8) is 0 Å². The Balaban J connectivity index is 2.06. The van der Waals surface area contributed by atoms with Crippen LogP contribution in [-0.4, -0.2) is 34.6 Å². The van der Waals surface area contributed by atoms with Crippen molar-refractivity contribution in [1.82, 2.24) is 10.2 Å². The van der Waals surface area contributed by atoms with Gasteiger partial charge in [0.1, 0.15) is 6.04 Å². The predicted octanol–water partition coefficient (Wildman–Crippen LogP) is 6.24. The number of hydrogen-bond donors (Lipinski definition) is 1. The second-order valence-corrected chi connectivity index (χ2v) is 9.76. The summed E-state index contributed by atoms with van der Waals surface area (Å²) < 4.78 is 0. The van der Waals surface area contributed by atoms with Gasteiger partial charge in [0.2, 0.25) is 11.8 Å². The van der Waals surface area contributed by atoms with Crippen molar-refractivity contribution in [3.8, 4) is 0 Å². The van der Waals surface area contributed by atoms with Crippen LogP contribution in [-0.2, 0) is 16.1 Å². The van der Waals surface area contributed by atoms with Crippen LogP contribution in [0.15, 0.2) is 53.4 Å². The molecule has 0 unspecified atom stereocenters.